The molecule has 0 radical (unpaired) electrons. The lowest BCUT2D eigenvalue weighted by Gasteiger charge is -2.34. The Morgan fingerprint density at radius 3 is 2.88 bits per heavy atom. The van der Waals surface area contributed by atoms with E-state index in [1.807, 2.05) is 25.7 Å². The predicted molar refractivity (Wildman–Crippen MR) is 99.1 cm³/mol. The van der Waals surface area contributed by atoms with Crippen molar-refractivity contribution in [1.29, 1.82) is 0 Å². The SMILES string of the molecule is Cc1cc(CN(C[C@H]2CN(C)CCO2)C(=O)c2scnc2C)c(C)[nH]1. The van der Waals surface area contributed by atoms with E-state index in [1.54, 1.807) is 5.51 Å². The van der Waals surface area contributed by atoms with E-state index in [-0.39, 0.29) is 12.0 Å². The van der Waals surface area contributed by atoms with Crippen LogP contribution in [-0.4, -0.2) is 65.1 Å². The Morgan fingerprint density at radius 2 is 2.28 bits per heavy atom. The van der Waals surface area contributed by atoms with Crippen LogP contribution in [0.15, 0.2) is 11.6 Å². The molecule has 1 amide bonds. The van der Waals surface area contributed by atoms with Gasteiger partial charge in [-0.1, -0.05) is 0 Å². The molecule has 0 spiro atoms. The number of aromatic nitrogens is 2. The van der Waals surface area contributed by atoms with Crippen LogP contribution in [0.25, 0.3) is 0 Å². The van der Waals surface area contributed by atoms with Crippen molar-refractivity contribution >= 4 is 17.2 Å². The minimum absolute atomic E-state index is 0.0371. The molecule has 0 saturated carbocycles. The Morgan fingerprint density at radius 1 is 1.48 bits per heavy atom. The molecule has 25 heavy (non-hydrogen) atoms. The molecule has 1 aliphatic rings. The molecule has 0 aliphatic carbocycles. The summed E-state index contributed by atoms with van der Waals surface area (Å²) in [6.45, 7) is 9.64. The summed E-state index contributed by atoms with van der Waals surface area (Å²) in [5, 5.41) is 0. The normalized spacial score (nSPS) is 18.5. The van der Waals surface area contributed by atoms with Crippen LogP contribution in [0.4, 0.5) is 0 Å². The molecule has 0 bridgehead atoms. The molecule has 2 aromatic heterocycles. The first kappa shape index (κ1) is 18.1. The Hall–Kier alpha value is -1.70. The predicted octanol–water partition coefficient (Wildman–Crippen LogP) is 2.37. The van der Waals surface area contributed by atoms with Gasteiger partial charge in [0.05, 0.1) is 23.9 Å². The van der Waals surface area contributed by atoms with Gasteiger partial charge in [-0.15, -0.1) is 11.3 Å². The number of carbonyl (C=O) groups is 1. The zero-order valence-corrected chi connectivity index (χ0v) is 16.2. The third-order valence-electron chi connectivity index (χ3n) is 4.61. The lowest BCUT2D eigenvalue weighted by atomic mass is 10.2. The van der Waals surface area contributed by atoms with Crippen molar-refractivity contribution in [3.8, 4) is 0 Å². The minimum atomic E-state index is 0.0371. The highest BCUT2D eigenvalue weighted by Crippen LogP contribution is 2.20. The van der Waals surface area contributed by atoms with Crippen molar-refractivity contribution < 1.29 is 9.53 Å². The highest BCUT2D eigenvalue weighted by atomic mass is 32.1. The van der Waals surface area contributed by atoms with E-state index >= 15 is 0 Å². The average molecular weight is 362 g/mol. The third-order valence-corrected chi connectivity index (χ3v) is 5.53. The highest BCUT2D eigenvalue weighted by Gasteiger charge is 2.26. The first-order valence-electron chi connectivity index (χ1n) is 8.58. The van der Waals surface area contributed by atoms with Gasteiger partial charge < -0.3 is 19.5 Å². The van der Waals surface area contributed by atoms with Gasteiger partial charge in [-0.25, -0.2) is 4.98 Å². The number of thiazole rings is 1. The van der Waals surface area contributed by atoms with Gasteiger partial charge in [0.25, 0.3) is 5.91 Å². The molecule has 7 heteroatoms. The highest BCUT2D eigenvalue weighted by molar-refractivity contribution is 7.11. The number of H-pyrrole nitrogens is 1. The smallest absolute Gasteiger partial charge is 0.266 e. The van der Waals surface area contributed by atoms with E-state index in [4.69, 9.17) is 4.74 Å². The molecule has 1 aliphatic heterocycles. The number of aromatic amines is 1. The maximum atomic E-state index is 13.1. The number of hydrogen-bond donors (Lipinski definition) is 1. The van der Waals surface area contributed by atoms with E-state index in [9.17, 15) is 4.79 Å². The lowest BCUT2D eigenvalue weighted by molar-refractivity contribution is -0.0336. The quantitative estimate of drug-likeness (QED) is 0.887. The van der Waals surface area contributed by atoms with Crippen LogP contribution in [-0.2, 0) is 11.3 Å². The second kappa shape index (κ2) is 7.68. The van der Waals surface area contributed by atoms with Gasteiger partial charge in [0.15, 0.2) is 0 Å². The standard InChI is InChI=1S/C18H26N4O2S/c1-12-7-15(13(2)20-12)8-22(10-16-9-21(4)5-6-24-16)18(23)17-14(3)19-11-25-17/h7,11,16,20H,5-6,8-10H2,1-4H3/t16-/m1/s1. The second-order valence-electron chi connectivity index (χ2n) is 6.81. The van der Waals surface area contributed by atoms with Crippen LogP contribution in [0.1, 0.15) is 32.3 Å². The molecule has 1 fully saturated rings. The number of nitrogens with zero attached hydrogens (tertiary/aromatic N) is 3. The average Bonchev–Trinajstić information content (AvgIpc) is 3.11. The fourth-order valence-corrected chi connectivity index (χ4v) is 4.01. The van der Waals surface area contributed by atoms with Gasteiger partial charge in [0, 0.05) is 37.6 Å². The largest absolute Gasteiger partial charge is 0.374 e. The van der Waals surface area contributed by atoms with Crippen molar-refractivity contribution in [1.82, 2.24) is 19.8 Å². The number of ether oxygens (including phenoxy) is 1. The van der Waals surface area contributed by atoms with Crippen molar-refractivity contribution in [2.24, 2.45) is 0 Å². The summed E-state index contributed by atoms with van der Waals surface area (Å²) in [4.78, 5) is 25.5. The number of likely N-dealkylation sites (N-methyl/N-ethyl adjacent to an activating group) is 1. The number of rotatable bonds is 5. The molecule has 1 N–H and O–H groups in total. The van der Waals surface area contributed by atoms with Crippen LogP contribution < -0.4 is 0 Å². The molecule has 1 saturated heterocycles. The summed E-state index contributed by atoms with van der Waals surface area (Å²) in [5.41, 5.74) is 5.90. The van der Waals surface area contributed by atoms with E-state index in [0.29, 0.717) is 24.6 Å². The van der Waals surface area contributed by atoms with Gasteiger partial charge in [-0.05, 0) is 39.4 Å². The Bertz CT molecular complexity index is 739. The fraction of sp³-hybridized carbons (Fsp3) is 0.556. The summed E-state index contributed by atoms with van der Waals surface area (Å²) in [7, 11) is 2.09. The monoisotopic (exact) mass is 362 g/mol. The summed E-state index contributed by atoms with van der Waals surface area (Å²) in [6.07, 6.45) is 0.0382. The fourth-order valence-electron chi connectivity index (χ4n) is 3.24. The maximum absolute atomic E-state index is 13.1. The van der Waals surface area contributed by atoms with Crippen molar-refractivity contribution in [2.75, 3.05) is 33.3 Å². The van der Waals surface area contributed by atoms with Crippen molar-refractivity contribution in [2.45, 2.75) is 33.4 Å². The van der Waals surface area contributed by atoms with Gasteiger partial charge >= 0.3 is 0 Å². The van der Waals surface area contributed by atoms with Crippen LogP contribution in [0.5, 0.6) is 0 Å². The summed E-state index contributed by atoms with van der Waals surface area (Å²) in [6, 6.07) is 2.11. The van der Waals surface area contributed by atoms with Gasteiger partial charge in [-0.2, -0.15) is 0 Å². The number of morpholine rings is 1. The first-order valence-corrected chi connectivity index (χ1v) is 9.46. The number of amides is 1. The van der Waals surface area contributed by atoms with Crippen molar-refractivity contribution in [3.05, 3.63) is 39.1 Å². The Kier molecular flexibility index (Phi) is 5.56. The first-order chi connectivity index (χ1) is 11.9. The van der Waals surface area contributed by atoms with Gasteiger partial charge in [-0.3, -0.25) is 4.79 Å². The molecule has 1 atom stereocenters. The Balaban J connectivity index is 1.81. The van der Waals surface area contributed by atoms with Crippen LogP contribution in [0.2, 0.25) is 0 Å². The molecular formula is C18H26N4O2S. The zero-order valence-electron chi connectivity index (χ0n) is 15.3. The van der Waals surface area contributed by atoms with Crippen LogP contribution in [0, 0.1) is 20.8 Å². The molecule has 2 aromatic rings. The molecule has 6 nitrogen and oxygen atoms in total. The van der Waals surface area contributed by atoms with Crippen LogP contribution >= 0.6 is 11.3 Å². The van der Waals surface area contributed by atoms with Gasteiger partial charge in [0.1, 0.15) is 4.88 Å². The third kappa shape index (κ3) is 4.29. The molecule has 3 rings (SSSR count). The van der Waals surface area contributed by atoms with Crippen LogP contribution in [0.3, 0.4) is 0 Å². The summed E-state index contributed by atoms with van der Waals surface area (Å²) in [5.74, 6) is 0.0371. The zero-order chi connectivity index (χ0) is 18.0. The molecule has 136 valence electrons. The molecule has 0 aromatic carbocycles. The number of nitrogens with one attached hydrogen (secondary N) is 1. The van der Waals surface area contributed by atoms with E-state index in [2.05, 4.69) is 28.0 Å². The number of aryl methyl sites for hydroxylation is 3. The van der Waals surface area contributed by atoms with E-state index < -0.39 is 0 Å². The molecular weight excluding hydrogens is 336 g/mol. The number of carbonyl (C=O) groups excluding carboxylic acids is 1. The summed E-state index contributed by atoms with van der Waals surface area (Å²) >= 11 is 1.41. The molecule has 0 unspecified atom stereocenters. The minimum Gasteiger partial charge on any atom is -0.374 e. The Labute approximate surface area is 152 Å². The van der Waals surface area contributed by atoms with Gasteiger partial charge in [0.2, 0.25) is 0 Å². The second-order valence-corrected chi connectivity index (χ2v) is 7.66. The number of hydrogen-bond acceptors (Lipinski definition) is 5. The lowest BCUT2D eigenvalue weighted by Crippen LogP contribution is -2.47. The maximum Gasteiger partial charge on any atom is 0.266 e. The molecule has 3 heterocycles. The van der Waals surface area contributed by atoms with E-state index in [0.717, 1.165) is 35.7 Å². The topological polar surface area (TPSA) is 61.5 Å². The van der Waals surface area contributed by atoms with Crippen molar-refractivity contribution in [3.63, 3.8) is 0 Å². The summed E-state index contributed by atoms with van der Waals surface area (Å²) < 4.78 is 5.89. The van der Waals surface area contributed by atoms with E-state index in [1.165, 1.54) is 11.3 Å².